The SMILES string of the molecule is COC(=O)[C@@H](Cn1cc([C@@]2(C(=O)OC(C)(C)C)COC(C)(C)N2)nn1)NC(=O)OC(C)(C)C. The van der Waals surface area contributed by atoms with Crippen LogP contribution in [0.5, 0.6) is 0 Å². The zero-order chi connectivity index (χ0) is 25.2. The van der Waals surface area contributed by atoms with Gasteiger partial charge < -0.3 is 24.3 Å². The van der Waals surface area contributed by atoms with Crippen LogP contribution < -0.4 is 10.6 Å². The highest BCUT2D eigenvalue weighted by molar-refractivity contribution is 5.83. The van der Waals surface area contributed by atoms with Crippen molar-refractivity contribution < 1.29 is 33.3 Å². The highest BCUT2D eigenvalue weighted by Crippen LogP contribution is 2.33. The highest BCUT2D eigenvalue weighted by atomic mass is 16.6. The Kier molecular flexibility index (Phi) is 7.44. The maximum atomic E-state index is 13.1. The summed E-state index contributed by atoms with van der Waals surface area (Å²) in [6, 6.07) is -1.10. The Balaban J connectivity index is 2.28. The number of aromatic nitrogens is 3. The number of ether oxygens (including phenoxy) is 4. The fourth-order valence-corrected chi connectivity index (χ4v) is 3.13. The van der Waals surface area contributed by atoms with Gasteiger partial charge in [0.1, 0.15) is 28.7 Å². The molecule has 0 aromatic carbocycles. The minimum Gasteiger partial charge on any atom is -0.467 e. The summed E-state index contributed by atoms with van der Waals surface area (Å²) in [5.74, 6) is -1.26. The number of hydrogen-bond acceptors (Lipinski definition) is 10. The Morgan fingerprint density at radius 3 is 2.27 bits per heavy atom. The number of hydrogen-bond donors (Lipinski definition) is 2. The number of amides is 1. The number of carbonyl (C=O) groups excluding carboxylic acids is 3. The van der Waals surface area contributed by atoms with Crippen molar-refractivity contribution in [2.45, 2.75) is 90.4 Å². The summed E-state index contributed by atoms with van der Waals surface area (Å²) in [6.07, 6.45) is 0.713. The van der Waals surface area contributed by atoms with E-state index < -0.39 is 46.5 Å². The molecule has 0 saturated carbocycles. The normalized spacial score (nSPS) is 21.2. The number of alkyl carbamates (subject to hydrolysis) is 1. The second-order valence-electron chi connectivity index (χ2n) is 10.4. The number of methoxy groups -OCH3 is 1. The molecule has 0 radical (unpaired) electrons. The molecule has 1 aromatic rings. The fraction of sp³-hybridized carbons (Fsp3) is 0.762. The zero-order valence-electron chi connectivity index (χ0n) is 20.8. The molecule has 186 valence electrons. The van der Waals surface area contributed by atoms with Gasteiger partial charge in [-0.2, -0.15) is 0 Å². The van der Waals surface area contributed by atoms with E-state index in [1.807, 2.05) is 0 Å². The average molecular weight is 470 g/mol. The molecule has 1 saturated heterocycles. The summed E-state index contributed by atoms with van der Waals surface area (Å²) >= 11 is 0. The maximum Gasteiger partial charge on any atom is 0.408 e. The largest absolute Gasteiger partial charge is 0.467 e. The van der Waals surface area contributed by atoms with Crippen molar-refractivity contribution in [3.63, 3.8) is 0 Å². The van der Waals surface area contributed by atoms with E-state index in [2.05, 4.69) is 20.9 Å². The molecule has 2 atom stereocenters. The first-order valence-corrected chi connectivity index (χ1v) is 10.6. The molecule has 2 rings (SSSR count). The first-order chi connectivity index (χ1) is 15.0. The van der Waals surface area contributed by atoms with Gasteiger partial charge >= 0.3 is 18.0 Å². The topological polar surface area (TPSA) is 143 Å². The van der Waals surface area contributed by atoms with Gasteiger partial charge in [-0.1, -0.05) is 5.21 Å². The Morgan fingerprint density at radius 1 is 1.18 bits per heavy atom. The molecule has 1 aromatic heterocycles. The van der Waals surface area contributed by atoms with E-state index in [9.17, 15) is 14.4 Å². The Bertz CT molecular complexity index is 884. The number of nitrogens with zero attached hydrogens (tertiary/aromatic N) is 3. The Hall–Kier alpha value is -2.73. The molecule has 2 heterocycles. The second kappa shape index (κ2) is 9.26. The fourth-order valence-electron chi connectivity index (χ4n) is 3.13. The van der Waals surface area contributed by atoms with E-state index in [0.29, 0.717) is 0 Å². The van der Waals surface area contributed by atoms with Crippen LogP contribution in [0.2, 0.25) is 0 Å². The van der Waals surface area contributed by atoms with Crippen LogP contribution in [-0.4, -0.2) is 69.7 Å². The average Bonchev–Trinajstić information content (AvgIpc) is 3.22. The molecule has 0 aliphatic carbocycles. The molecular formula is C21H35N5O7. The molecule has 1 aliphatic heterocycles. The van der Waals surface area contributed by atoms with E-state index in [1.54, 1.807) is 55.4 Å². The Morgan fingerprint density at radius 2 is 1.79 bits per heavy atom. The van der Waals surface area contributed by atoms with Crippen LogP contribution in [0.3, 0.4) is 0 Å². The number of carbonyl (C=O) groups is 3. The molecule has 1 amide bonds. The van der Waals surface area contributed by atoms with Crippen LogP contribution in [0.4, 0.5) is 4.79 Å². The minimum atomic E-state index is -1.39. The quantitative estimate of drug-likeness (QED) is 0.461. The molecule has 1 fully saturated rings. The predicted molar refractivity (Wildman–Crippen MR) is 116 cm³/mol. The van der Waals surface area contributed by atoms with E-state index in [1.165, 1.54) is 18.0 Å². The van der Waals surface area contributed by atoms with E-state index in [-0.39, 0.29) is 18.8 Å². The third-order valence-electron chi connectivity index (χ3n) is 4.43. The monoisotopic (exact) mass is 469 g/mol. The first-order valence-electron chi connectivity index (χ1n) is 10.6. The lowest BCUT2D eigenvalue weighted by molar-refractivity contribution is -0.163. The standard InChI is InChI=1S/C21H35N5O7/c1-18(2,3)32-16(28)21(12-31-20(7,8)24-21)14-11-26(25-23-14)10-13(15(27)30-9)22-17(29)33-19(4,5)6/h11,13,24H,10,12H2,1-9H3,(H,22,29)/t13-,21-/m1/s1. The van der Waals surface area contributed by atoms with E-state index in [4.69, 9.17) is 18.9 Å². The highest BCUT2D eigenvalue weighted by Gasteiger charge is 2.54. The smallest absolute Gasteiger partial charge is 0.408 e. The van der Waals surface area contributed by atoms with Gasteiger partial charge in [0.2, 0.25) is 0 Å². The van der Waals surface area contributed by atoms with Crippen molar-refractivity contribution in [2.75, 3.05) is 13.7 Å². The molecular weight excluding hydrogens is 434 g/mol. The third kappa shape index (κ3) is 7.13. The molecule has 2 N–H and O–H groups in total. The van der Waals surface area contributed by atoms with E-state index >= 15 is 0 Å². The van der Waals surface area contributed by atoms with Gasteiger partial charge in [-0.15, -0.1) is 5.10 Å². The van der Waals surface area contributed by atoms with Gasteiger partial charge in [0.25, 0.3) is 0 Å². The maximum absolute atomic E-state index is 13.1. The summed E-state index contributed by atoms with van der Waals surface area (Å²) in [4.78, 5) is 37.5. The van der Waals surface area contributed by atoms with Crippen LogP contribution in [0.15, 0.2) is 6.20 Å². The number of nitrogens with one attached hydrogen (secondary N) is 2. The molecule has 12 nitrogen and oxygen atoms in total. The number of rotatable bonds is 6. The molecule has 12 heteroatoms. The van der Waals surface area contributed by atoms with Crippen LogP contribution in [0.25, 0.3) is 0 Å². The van der Waals surface area contributed by atoms with E-state index in [0.717, 1.165) is 0 Å². The van der Waals surface area contributed by atoms with Crippen molar-refractivity contribution in [2.24, 2.45) is 0 Å². The van der Waals surface area contributed by atoms with Crippen molar-refractivity contribution >= 4 is 18.0 Å². The molecule has 0 unspecified atom stereocenters. The van der Waals surface area contributed by atoms with Crippen molar-refractivity contribution in [1.82, 2.24) is 25.6 Å². The van der Waals surface area contributed by atoms with Gasteiger partial charge in [-0.05, 0) is 55.4 Å². The van der Waals surface area contributed by atoms with Crippen LogP contribution in [0.1, 0.15) is 61.1 Å². The van der Waals surface area contributed by atoms with Gasteiger partial charge in [-0.25, -0.2) is 19.1 Å². The molecule has 1 aliphatic rings. The van der Waals surface area contributed by atoms with Gasteiger partial charge in [0, 0.05) is 0 Å². The summed E-state index contributed by atoms with van der Waals surface area (Å²) in [5.41, 5.74) is -3.43. The lowest BCUT2D eigenvalue weighted by atomic mass is 9.96. The molecule has 33 heavy (non-hydrogen) atoms. The number of esters is 2. The van der Waals surface area contributed by atoms with Gasteiger partial charge in [0.15, 0.2) is 5.54 Å². The van der Waals surface area contributed by atoms with Crippen molar-refractivity contribution in [3.05, 3.63) is 11.9 Å². The van der Waals surface area contributed by atoms with Crippen LogP contribution in [-0.2, 0) is 40.6 Å². The van der Waals surface area contributed by atoms with Gasteiger partial charge in [0.05, 0.1) is 26.5 Å². The lowest BCUT2D eigenvalue weighted by Crippen LogP contribution is -2.54. The van der Waals surface area contributed by atoms with Crippen LogP contribution in [0, 0.1) is 0 Å². The zero-order valence-corrected chi connectivity index (χ0v) is 20.8. The van der Waals surface area contributed by atoms with Crippen molar-refractivity contribution in [1.29, 1.82) is 0 Å². The summed E-state index contributed by atoms with van der Waals surface area (Å²) < 4.78 is 22.7. The molecule has 0 spiro atoms. The predicted octanol–water partition coefficient (Wildman–Crippen LogP) is 1.24. The van der Waals surface area contributed by atoms with Crippen molar-refractivity contribution in [3.8, 4) is 0 Å². The summed E-state index contributed by atoms with van der Waals surface area (Å²) in [6.45, 7) is 13.8. The first kappa shape index (κ1) is 26.5. The summed E-state index contributed by atoms with van der Waals surface area (Å²) in [7, 11) is 1.21. The van der Waals surface area contributed by atoms with Crippen LogP contribution >= 0.6 is 0 Å². The lowest BCUT2D eigenvalue weighted by Gasteiger charge is -2.30. The summed E-state index contributed by atoms with van der Waals surface area (Å²) in [5, 5.41) is 13.8. The Labute approximate surface area is 193 Å². The minimum absolute atomic E-state index is 0.0236. The van der Waals surface area contributed by atoms with Gasteiger partial charge in [-0.3, -0.25) is 5.32 Å². The third-order valence-corrected chi connectivity index (χ3v) is 4.43. The second-order valence-corrected chi connectivity index (χ2v) is 10.4. The molecule has 0 bridgehead atoms.